The first-order chi connectivity index (χ1) is 11.8. The van der Waals surface area contributed by atoms with E-state index in [1.807, 2.05) is 17.0 Å². The minimum absolute atomic E-state index is 0.0410. The lowest BCUT2D eigenvalue weighted by molar-refractivity contribution is 0.0778. The minimum Gasteiger partial charge on any atom is -0.486 e. The number of carbonyl (C=O) groups is 1. The van der Waals surface area contributed by atoms with E-state index in [9.17, 15) is 4.79 Å². The van der Waals surface area contributed by atoms with E-state index in [0.717, 1.165) is 62.5 Å². The Morgan fingerprint density at radius 3 is 2.67 bits per heavy atom. The van der Waals surface area contributed by atoms with Gasteiger partial charge in [0.15, 0.2) is 11.5 Å². The molecule has 1 unspecified atom stereocenters. The van der Waals surface area contributed by atoms with E-state index < -0.39 is 0 Å². The van der Waals surface area contributed by atoms with E-state index in [1.54, 1.807) is 0 Å². The number of likely N-dealkylation sites (tertiary alicyclic amines) is 1. The van der Waals surface area contributed by atoms with Gasteiger partial charge in [0.05, 0.1) is 6.04 Å². The van der Waals surface area contributed by atoms with E-state index in [-0.39, 0.29) is 18.1 Å². The molecule has 1 N–H and O–H groups in total. The molecule has 0 spiro atoms. The van der Waals surface area contributed by atoms with Gasteiger partial charge in [-0.05, 0) is 43.4 Å². The molecule has 1 aromatic carbocycles. The fraction of sp³-hybridized carbons (Fsp3) is 0.611. The van der Waals surface area contributed by atoms with Crippen molar-refractivity contribution in [1.82, 2.24) is 10.2 Å². The van der Waals surface area contributed by atoms with Crippen LogP contribution in [-0.2, 0) is 4.74 Å². The van der Waals surface area contributed by atoms with Gasteiger partial charge in [-0.15, -0.1) is 0 Å². The van der Waals surface area contributed by atoms with Gasteiger partial charge in [-0.2, -0.15) is 0 Å². The summed E-state index contributed by atoms with van der Waals surface area (Å²) in [5.41, 5.74) is 1.12. The van der Waals surface area contributed by atoms with Crippen molar-refractivity contribution in [3.8, 4) is 11.5 Å². The number of nitrogens with one attached hydrogen (secondary N) is 1. The minimum atomic E-state index is 0.0410. The number of hydrogen-bond acceptors (Lipinski definition) is 4. The van der Waals surface area contributed by atoms with Crippen LogP contribution in [0.4, 0.5) is 4.79 Å². The third-order valence-corrected chi connectivity index (χ3v) is 5.01. The molecule has 1 atom stereocenters. The molecular formula is C18H24N2O4. The van der Waals surface area contributed by atoms with Crippen molar-refractivity contribution in [2.24, 2.45) is 0 Å². The molecule has 4 rings (SSSR count). The summed E-state index contributed by atoms with van der Waals surface area (Å²) in [6, 6.07) is 6.42. The molecule has 3 heterocycles. The van der Waals surface area contributed by atoms with Gasteiger partial charge in [-0.25, -0.2) is 4.79 Å². The Kier molecular flexibility index (Phi) is 4.47. The summed E-state index contributed by atoms with van der Waals surface area (Å²) in [7, 11) is 0. The van der Waals surface area contributed by atoms with Gasteiger partial charge in [-0.3, -0.25) is 0 Å². The normalized spacial score (nSPS) is 24.0. The molecule has 0 bridgehead atoms. The summed E-state index contributed by atoms with van der Waals surface area (Å²) in [4.78, 5) is 14.7. The molecule has 0 aliphatic carbocycles. The average molecular weight is 332 g/mol. The SMILES string of the molecule is O=C(NC1CCOCC1)N1CCCC1c1ccc2c(c1)OCCO2. The third-order valence-electron chi connectivity index (χ3n) is 5.01. The Bertz CT molecular complexity index is 601. The second-order valence-electron chi connectivity index (χ2n) is 6.59. The molecule has 1 aromatic rings. The maximum atomic E-state index is 12.7. The third kappa shape index (κ3) is 3.15. The number of carbonyl (C=O) groups excluding carboxylic acids is 1. The van der Waals surface area contributed by atoms with Crippen LogP contribution in [0.15, 0.2) is 18.2 Å². The highest BCUT2D eigenvalue weighted by molar-refractivity contribution is 5.75. The number of hydrogen-bond donors (Lipinski definition) is 1. The number of urea groups is 1. The second kappa shape index (κ2) is 6.89. The van der Waals surface area contributed by atoms with Gasteiger partial charge in [0.1, 0.15) is 13.2 Å². The lowest BCUT2D eigenvalue weighted by Crippen LogP contribution is -2.46. The first-order valence-electron chi connectivity index (χ1n) is 8.86. The van der Waals surface area contributed by atoms with E-state index in [1.165, 1.54) is 0 Å². The molecule has 0 saturated carbocycles. The van der Waals surface area contributed by atoms with E-state index in [0.29, 0.717) is 13.2 Å². The fourth-order valence-corrected chi connectivity index (χ4v) is 3.72. The van der Waals surface area contributed by atoms with Gasteiger partial charge in [0.25, 0.3) is 0 Å². The predicted molar refractivity (Wildman–Crippen MR) is 88.5 cm³/mol. The van der Waals surface area contributed by atoms with Crippen LogP contribution in [0.5, 0.6) is 11.5 Å². The Balaban J connectivity index is 1.47. The van der Waals surface area contributed by atoms with Crippen molar-refractivity contribution in [2.75, 3.05) is 33.0 Å². The lowest BCUT2D eigenvalue weighted by atomic mass is 10.0. The topological polar surface area (TPSA) is 60.0 Å². The molecule has 2 saturated heterocycles. The van der Waals surface area contributed by atoms with Crippen LogP contribution >= 0.6 is 0 Å². The zero-order valence-electron chi connectivity index (χ0n) is 13.8. The fourth-order valence-electron chi connectivity index (χ4n) is 3.72. The molecule has 3 aliphatic rings. The average Bonchev–Trinajstić information content (AvgIpc) is 3.12. The molecule has 0 radical (unpaired) electrons. The van der Waals surface area contributed by atoms with Crippen molar-refractivity contribution in [3.05, 3.63) is 23.8 Å². The molecule has 130 valence electrons. The second-order valence-corrected chi connectivity index (χ2v) is 6.59. The maximum Gasteiger partial charge on any atom is 0.318 e. The highest BCUT2D eigenvalue weighted by atomic mass is 16.6. The Morgan fingerprint density at radius 2 is 1.83 bits per heavy atom. The molecule has 6 nitrogen and oxygen atoms in total. The number of benzene rings is 1. The summed E-state index contributed by atoms with van der Waals surface area (Å²) in [5, 5.41) is 3.17. The van der Waals surface area contributed by atoms with Crippen LogP contribution in [-0.4, -0.2) is 49.9 Å². The molecule has 2 amide bonds. The zero-order chi connectivity index (χ0) is 16.4. The Morgan fingerprint density at radius 1 is 1.04 bits per heavy atom. The van der Waals surface area contributed by atoms with Crippen molar-refractivity contribution in [3.63, 3.8) is 0 Å². The number of ether oxygens (including phenoxy) is 3. The van der Waals surface area contributed by atoms with Crippen molar-refractivity contribution < 1.29 is 19.0 Å². The molecule has 3 aliphatic heterocycles. The van der Waals surface area contributed by atoms with Crippen molar-refractivity contribution in [2.45, 2.75) is 37.8 Å². The molecule has 24 heavy (non-hydrogen) atoms. The maximum absolute atomic E-state index is 12.7. The van der Waals surface area contributed by atoms with Gasteiger partial charge in [0, 0.05) is 25.8 Å². The molecule has 0 aromatic heterocycles. The molecule has 6 heteroatoms. The quantitative estimate of drug-likeness (QED) is 0.904. The van der Waals surface area contributed by atoms with Crippen LogP contribution in [0.25, 0.3) is 0 Å². The summed E-state index contributed by atoms with van der Waals surface area (Å²) in [6.07, 6.45) is 3.81. The van der Waals surface area contributed by atoms with E-state index >= 15 is 0 Å². The highest BCUT2D eigenvalue weighted by Crippen LogP contribution is 2.38. The highest BCUT2D eigenvalue weighted by Gasteiger charge is 2.32. The summed E-state index contributed by atoms with van der Waals surface area (Å²) < 4.78 is 16.6. The Hall–Kier alpha value is -1.95. The van der Waals surface area contributed by atoms with E-state index in [4.69, 9.17) is 14.2 Å². The van der Waals surface area contributed by atoms with Crippen LogP contribution in [0.3, 0.4) is 0 Å². The first kappa shape index (κ1) is 15.6. The zero-order valence-corrected chi connectivity index (χ0v) is 13.8. The molecular weight excluding hydrogens is 308 g/mol. The first-order valence-corrected chi connectivity index (χ1v) is 8.86. The van der Waals surface area contributed by atoms with Gasteiger partial charge < -0.3 is 24.4 Å². The van der Waals surface area contributed by atoms with Crippen LogP contribution in [0, 0.1) is 0 Å². The summed E-state index contributed by atoms with van der Waals surface area (Å²) >= 11 is 0. The number of fused-ring (bicyclic) bond motifs is 1. The van der Waals surface area contributed by atoms with Crippen molar-refractivity contribution >= 4 is 6.03 Å². The number of amides is 2. The lowest BCUT2D eigenvalue weighted by Gasteiger charge is -2.30. The van der Waals surface area contributed by atoms with Crippen LogP contribution in [0.2, 0.25) is 0 Å². The van der Waals surface area contributed by atoms with Crippen LogP contribution < -0.4 is 14.8 Å². The number of nitrogens with zero attached hydrogens (tertiary/aromatic N) is 1. The van der Waals surface area contributed by atoms with Gasteiger partial charge in [-0.1, -0.05) is 6.07 Å². The summed E-state index contributed by atoms with van der Waals surface area (Å²) in [6.45, 7) is 3.44. The smallest absolute Gasteiger partial charge is 0.318 e. The van der Waals surface area contributed by atoms with Crippen LogP contribution in [0.1, 0.15) is 37.3 Å². The van der Waals surface area contributed by atoms with Gasteiger partial charge >= 0.3 is 6.03 Å². The Labute approximate surface area is 142 Å². The van der Waals surface area contributed by atoms with Gasteiger partial charge in [0.2, 0.25) is 0 Å². The number of rotatable bonds is 2. The standard InChI is InChI=1S/C18H24N2O4/c21-18(19-14-5-8-22-9-6-14)20-7-1-2-15(20)13-3-4-16-17(12-13)24-11-10-23-16/h3-4,12,14-15H,1-2,5-11H2,(H,19,21). The van der Waals surface area contributed by atoms with E-state index in [2.05, 4.69) is 11.4 Å². The van der Waals surface area contributed by atoms with Crippen molar-refractivity contribution in [1.29, 1.82) is 0 Å². The largest absolute Gasteiger partial charge is 0.486 e. The summed E-state index contributed by atoms with van der Waals surface area (Å²) in [5.74, 6) is 1.58. The molecule has 2 fully saturated rings. The monoisotopic (exact) mass is 332 g/mol. The predicted octanol–water partition coefficient (Wildman–Crippen LogP) is 2.48.